The summed E-state index contributed by atoms with van der Waals surface area (Å²) in [6.45, 7) is 2.19. The van der Waals surface area contributed by atoms with Crippen molar-refractivity contribution in [2.45, 2.75) is 51.1 Å². The van der Waals surface area contributed by atoms with E-state index in [4.69, 9.17) is 0 Å². The molecule has 0 aromatic heterocycles. The average Bonchev–Trinajstić information content (AvgIpc) is 2.70. The fourth-order valence-electron chi connectivity index (χ4n) is 3.70. The highest BCUT2D eigenvalue weighted by molar-refractivity contribution is 5.97. The maximum atomic E-state index is 13.0. The molecule has 0 aliphatic heterocycles. The van der Waals surface area contributed by atoms with Gasteiger partial charge in [0, 0.05) is 18.0 Å². The molecule has 1 fully saturated rings. The molecule has 0 spiro atoms. The Bertz CT molecular complexity index is 745. The molecular formula is C23H28N2O2. The first kappa shape index (κ1) is 19.2. The smallest absolute Gasteiger partial charge is 0.251 e. The van der Waals surface area contributed by atoms with Gasteiger partial charge >= 0.3 is 0 Å². The van der Waals surface area contributed by atoms with Crippen molar-refractivity contribution in [2.24, 2.45) is 5.92 Å². The molecule has 142 valence electrons. The van der Waals surface area contributed by atoms with Crippen molar-refractivity contribution in [3.63, 3.8) is 0 Å². The molecule has 2 N–H and O–H groups in total. The predicted octanol–water partition coefficient (Wildman–Crippen LogP) is 3.72. The van der Waals surface area contributed by atoms with Gasteiger partial charge in [-0.2, -0.15) is 0 Å². The summed E-state index contributed by atoms with van der Waals surface area (Å²) in [6.07, 6.45) is 5.01. The van der Waals surface area contributed by atoms with E-state index in [0.29, 0.717) is 17.9 Å². The van der Waals surface area contributed by atoms with Gasteiger partial charge in [-0.15, -0.1) is 0 Å². The lowest BCUT2D eigenvalue weighted by atomic mass is 9.85. The minimum Gasteiger partial charge on any atom is -0.351 e. The van der Waals surface area contributed by atoms with Gasteiger partial charge in [0.05, 0.1) is 0 Å². The Labute approximate surface area is 161 Å². The Kier molecular flexibility index (Phi) is 6.64. The van der Waals surface area contributed by atoms with Gasteiger partial charge in [-0.3, -0.25) is 9.59 Å². The van der Waals surface area contributed by atoms with E-state index >= 15 is 0 Å². The van der Waals surface area contributed by atoms with Crippen LogP contribution in [0.15, 0.2) is 60.7 Å². The highest BCUT2D eigenvalue weighted by atomic mass is 16.2. The van der Waals surface area contributed by atoms with Crippen LogP contribution < -0.4 is 10.6 Å². The van der Waals surface area contributed by atoms with Crippen molar-refractivity contribution in [3.8, 4) is 0 Å². The number of carbonyl (C=O) groups is 2. The largest absolute Gasteiger partial charge is 0.351 e. The number of benzene rings is 2. The van der Waals surface area contributed by atoms with Crippen LogP contribution in [-0.2, 0) is 11.2 Å². The van der Waals surface area contributed by atoms with Crippen molar-refractivity contribution in [2.75, 3.05) is 0 Å². The molecule has 2 aromatic rings. The molecule has 1 aliphatic carbocycles. The van der Waals surface area contributed by atoms with E-state index in [9.17, 15) is 9.59 Å². The SMILES string of the molecule is C[C@@H]1CCCC[C@@H]1NC(=O)[C@@H](Cc1ccccc1)NC(=O)c1ccccc1. The van der Waals surface area contributed by atoms with E-state index in [2.05, 4.69) is 17.6 Å². The van der Waals surface area contributed by atoms with Crippen LogP contribution in [0.2, 0.25) is 0 Å². The number of hydrogen-bond acceptors (Lipinski definition) is 2. The van der Waals surface area contributed by atoms with Crippen LogP contribution in [0.5, 0.6) is 0 Å². The van der Waals surface area contributed by atoms with Crippen LogP contribution in [0.4, 0.5) is 0 Å². The van der Waals surface area contributed by atoms with Gasteiger partial charge < -0.3 is 10.6 Å². The van der Waals surface area contributed by atoms with E-state index in [0.717, 1.165) is 24.8 Å². The monoisotopic (exact) mass is 364 g/mol. The number of nitrogens with one attached hydrogen (secondary N) is 2. The van der Waals surface area contributed by atoms with Crippen molar-refractivity contribution in [1.29, 1.82) is 0 Å². The maximum Gasteiger partial charge on any atom is 0.251 e. The summed E-state index contributed by atoms with van der Waals surface area (Å²) in [6, 6.07) is 18.5. The number of amides is 2. The number of rotatable bonds is 6. The third kappa shape index (κ3) is 5.43. The first-order chi connectivity index (χ1) is 13.1. The lowest BCUT2D eigenvalue weighted by Crippen LogP contribution is -2.52. The minimum absolute atomic E-state index is 0.0955. The molecule has 27 heavy (non-hydrogen) atoms. The zero-order valence-electron chi connectivity index (χ0n) is 15.9. The van der Waals surface area contributed by atoms with Crippen LogP contribution in [-0.4, -0.2) is 23.9 Å². The summed E-state index contributed by atoms with van der Waals surface area (Å²) >= 11 is 0. The van der Waals surface area contributed by atoms with Gasteiger partial charge in [0.25, 0.3) is 5.91 Å². The van der Waals surface area contributed by atoms with E-state index in [1.807, 2.05) is 48.5 Å². The topological polar surface area (TPSA) is 58.2 Å². The molecule has 0 bridgehead atoms. The number of carbonyl (C=O) groups excluding carboxylic acids is 2. The first-order valence-corrected chi connectivity index (χ1v) is 9.83. The molecular weight excluding hydrogens is 336 g/mol. The molecule has 0 heterocycles. The second-order valence-electron chi connectivity index (χ2n) is 7.46. The molecule has 4 heteroatoms. The molecule has 3 atom stereocenters. The van der Waals surface area contributed by atoms with E-state index in [1.165, 1.54) is 6.42 Å². The van der Waals surface area contributed by atoms with Gasteiger partial charge in [-0.25, -0.2) is 0 Å². The quantitative estimate of drug-likeness (QED) is 0.821. The Morgan fingerprint density at radius 1 is 0.963 bits per heavy atom. The van der Waals surface area contributed by atoms with Gasteiger partial charge in [0.2, 0.25) is 5.91 Å². The van der Waals surface area contributed by atoms with Crippen molar-refractivity contribution < 1.29 is 9.59 Å². The van der Waals surface area contributed by atoms with Crippen molar-refractivity contribution in [1.82, 2.24) is 10.6 Å². The summed E-state index contributed by atoms with van der Waals surface area (Å²) in [7, 11) is 0. The summed E-state index contributed by atoms with van der Waals surface area (Å²) in [5.41, 5.74) is 1.59. The molecule has 0 radical (unpaired) electrons. The molecule has 0 unspecified atom stereocenters. The highest BCUT2D eigenvalue weighted by Crippen LogP contribution is 2.23. The molecule has 0 saturated heterocycles. The van der Waals surface area contributed by atoms with Gasteiger partial charge in [0.1, 0.15) is 6.04 Å². The second kappa shape index (κ2) is 9.36. The fraction of sp³-hybridized carbons (Fsp3) is 0.391. The second-order valence-corrected chi connectivity index (χ2v) is 7.46. The van der Waals surface area contributed by atoms with Crippen molar-refractivity contribution >= 4 is 11.8 Å². The van der Waals surface area contributed by atoms with E-state index in [1.54, 1.807) is 12.1 Å². The van der Waals surface area contributed by atoms with Crippen molar-refractivity contribution in [3.05, 3.63) is 71.8 Å². The average molecular weight is 364 g/mol. The van der Waals surface area contributed by atoms with Crippen LogP contribution in [0, 0.1) is 5.92 Å². The van der Waals surface area contributed by atoms with E-state index < -0.39 is 6.04 Å². The highest BCUT2D eigenvalue weighted by Gasteiger charge is 2.27. The molecule has 3 rings (SSSR count). The fourth-order valence-corrected chi connectivity index (χ4v) is 3.70. The van der Waals surface area contributed by atoms with Gasteiger partial charge in [0.15, 0.2) is 0 Å². The molecule has 4 nitrogen and oxygen atoms in total. The normalized spacial score (nSPS) is 20.5. The zero-order chi connectivity index (χ0) is 19.1. The maximum absolute atomic E-state index is 13.0. The third-order valence-electron chi connectivity index (χ3n) is 5.38. The van der Waals surface area contributed by atoms with Crippen LogP contribution >= 0.6 is 0 Å². The van der Waals surface area contributed by atoms with Gasteiger partial charge in [-0.05, 0) is 36.5 Å². The standard InChI is InChI=1S/C23H28N2O2/c1-17-10-8-9-15-20(17)24-23(27)21(16-18-11-4-2-5-12-18)25-22(26)19-13-6-3-7-14-19/h2-7,11-14,17,20-21H,8-10,15-16H2,1H3,(H,24,27)(H,25,26)/t17-,20+,21-/m1/s1. The molecule has 1 aliphatic rings. The predicted molar refractivity (Wildman–Crippen MR) is 107 cm³/mol. The third-order valence-corrected chi connectivity index (χ3v) is 5.38. The van der Waals surface area contributed by atoms with E-state index in [-0.39, 0.29) is 17.9 Å². The Balaban J connectivity index is 1.72. The zero-order valence-corrected chi connectivity index (χ0v) is 15.9. The summed E-state index contributed by atoms with van der Waals surface area (Å²) in [5.74, 6) is 0.162. The molecule has 2 amide bonds. The van der Waals surface area contributed by atoms with Crippen LogP contribution in [0.3, 0.4) is 0 Å². The lowest BCUT2D eigenvalue weighted by molar-refractivity contribution is -0.124. The summed E-state index contributed by atoms with van der Waals surface area (Å²) in [4.78, 5) is 25.6. The first-order valence-electron chi connectivity index (χ1n) is 9.83. The molecule has 2 aromatic carbocycles. The summed E-state index contributed by atoms with van der Waals surface area (Å²) in [5, 5.41) is 6.13. The van der Waals surface area contributed by atoms with Gasteiger partial charge in [-0.1, -0.05) is 68.3 Å². The van der Waals surface area contributed by atoms with Crippen LogP contribution in [0.25, 0.3) is 0 Å². The Hall–Kier alpha value is -2.62. The Morgan fingerprint density at radius 2 is 1.59 bits per heavy atom. The Morgan fingerprint density at radius 3 is 2.26 bits per heavy atom. The minimum atomic E-state index is -0.589. The lowest BCUT2D eigenvalue weighted by Gasteiger charge is -2.31. The number of hydrogen-bond donors (Lipinski definition) is 2. The van der Waals surface area contributed by atoms with Crippen LogP contribution in [0.1, 0.15) is 48.5 Å². The summed E-state index contributed by atoms with van der Waals surface area (Å²) < 4.78 is 0. The molecule has 1 saturated carbocycles.